The Morgan fingerprint density at radius 3 is 3.06 bits per heavy atom. The van der Waals surface area contributed by atoms with E-state index in [0.29, 0.717) is 5.25 Å². The highest BCUT2D eigenvalue weighted by Crippen LogP contribution is 2.43. The molecule has 1 saturated heterocycles. The molecule has 0 radical (unpaired) electrons. The average molecular weight is 245 g/mol. The molecule has 1 N–H and O–H groups in total. The molecule has 0 bridgehead atoms. The highest BCUT2D eigenvalue weighted by molar-refractivity contribution is 8.00. The minimum absolute atomic E-state index is 0.525. The SMILES string of the molecule is CC1CC(O)(c2cccc3cnccc23)CS1. The molecule has 3 heteroatoms. The van der Waals surface area contributed by atoms with Gasteiger partial charge in [0.25, 0.3) is 0 Å². The number of nitrogens with zero attached hydrogens (tertiary/aromatic N) is 1. The summed E-state index contributed by atoms with van der Waals surface area (Å²) >= 11 is 1.84. The highest BCUT2D eigenvalue weighted by Gasteiger charge is 2.38. The molecule has 2 atom stereocenters. The molecular weight excluding hydrogens is 230 g/mol. The van der Waals surface area contributed by atoms with Gasteiger partial charge in [-0.2, -0.15) is 11.8 Å². The van der Waals surface area contributed by atoms with E-state index in [2.05, 4.69) is 11.9 Å². The molecule has 0 spiro atoms. The van der Waals surface area contributed by atoms with Gasteiger partial charge in [-0.3, -0.25) is 4.98 Å². The molecule has 17 heavy (non-hydrogen) atoms. The second kappa shape index (κ2) is 4.00. The predicted molar refractivity (Wildman–Crippen MR) is 72.2 cm³/mol. The quantitative estimate of drug-likeness (QED) is 0.838. The first-order chi connectivity index (χ1) is 8.19. The van der Waals surface area contributed by atoms with E-state index in [1.807, 2.05) is 42.2 Å². The fourth-order valence-corrected chi connectivity index (χ4v) is 3.82. The molecule has 1 aliphatic rings. The molecule has 3 rings (SSSR count). The zero-order chi connectivity index (χ0) is 11.9. The molecule has 0 saturated carbocycles. The van der Waals surface area contributed by atoms with Crippen LogP contribution in [0.3, 0.4) is 0 Å². The van der Waals surface area contributed by atoms with Crippen molar-refractivity contribution in [3.8, 4) is 0 Å². The van der Waals surface area contributed by atoms with Crippen LogP contribution in [-0.2, 0) is 5.60 Å². The van der Waals surface area contributed by atoms with E-state index in [-0.39, 0.29) is 0 Å². The van der Waals surface area contributed by atoms with Gasteiger partial charge in [0.2, 0.25) is 0 Å². The van der Waals surface area contributed by atoms with E-state index in [9.17, 15) is 5.11 Å². The fourth-order valence-electron chi connectivity index (χ4n) is 2.59. The van der Waals surface area contributed by atoms with Crippen molar-refractivity contribution in [3.05, 3.63) is 42.2 Å². The van der Waals surface area contributed by atoms with Crippen LogP contribution in [0.25, 0.3) is 10.8 Å². The Balaban J connectivity index is 2.17. The number of fused-ring (bicyclic) bond motifs is 1. The Morgan fingerprint density at radius 2 is 2.29 bits per heavy atom. The first-order valence-corrected chi connectivity index (χ1v) is 6.91. The van der Waals surface area contributed by atoms with E-state index >= 15 is 0 Å². The Kier molecular flexibility index (Phi) is 2.60. The number of pyridine rings is 1. The smallest absolute Gasteiger partial charge is 0.100 e. The van der Waals surface area contributed by atoms with Gasteiger partial charge in [0, 0.05) is 28.8 Å². The predicted octanol–water partition coefficient (Wildman–Crippen LogP) is 2.95. The molecular formula is C14H15NOS. The molecule has 1 aliphatic heterocycles. The van der Waals surface area contributed by atoms with E-state index < -0.39 is 5.60 Å². The summed E-state index contributed by atoms with van der Waals surface area (Å²) < 4.78 is 0. The van der Waals surface area contributed by atoms with Crippen LogP contribution in [0, 0.1) is 0 Å². The average Bonchev–Trinajstić information content (AvgIpc) is 2.70. The summed E-state index contributed by atoms with van der Waals surface area (Å²) in [6, 6.07) is 8.09. The monoisotopic (exact) mass is 245 g/mol. The van der Waals surface area contributed by atoms with E-state index in [0.717, 1.165) is 28.5 Å². The van der Waals surface area contributed by atoms with Gasteiger partial charge >= 0.3 is 0 Å². The molecule has 1 aromatic carbocycles. The zero-order valence-electron chi connectivity index (χ0n) is 9.76. The van der Waals surface area contributed by atoms with Crippen LogP contribution in [0.4, 0.5) is 0 Å². The van der Waals surface area contributed by atoms with Crippen LogP contribution >= 0.6 is 11.8 Å². The maximum absolute atomic E-state index is 10.8. The largest absolute Gasteiger partial charge is 0.384 e. The molecule has 0 amide bonds. The van der Waals surface area contributed by atoms with Gasteiger partial charge in [-0.1, -0.05) is 25.1 Å². The molecule has 2 aromatic rings. The lowest BCUT2D eigenvalue weighted by Crippen LogP contribution is -2.25. The summed E-state index contributed by atoms with van der Waals surface area (Å²) in [6.07, 6.45) is 4.48. The fraction of sp³-hybridized carbons (Fsp3) is 0.357. The molecule has 2 nitrogen and oxygen atoms in total. The first kappa shape index (κ1) is 11.1. The number of hydrogen-bond donors (Lipinski definition) is 1. The summed E-state index contributed by atoms with van der Waals surface area (Å²) in [6.45, 7) is 2.18. The van der Waals surface area contributed by atoms with Crippen molar-refractivity contribution in [2.45, 2.75) is 24.2 Å². The Bertz CT molecular complexity index is 551. The molecule has 88 valence electrons. The number of rotatable bonds is 1. The molecule has 2 heterocycles. The van der Waals surface area contributed by atoms with Crippen molar-refractivity contribution in [1.82, 2.24) is 4.98 Å². The number of aliphatic hydroxyl groups is 1. The van der Waals surface area contributed by atoms with Crippen LogP contribution in [0.1, 0.15) is 18.9 Å². The molecule has 0 aliphatic carbocycles. The van der Waals surface area contributed by atoms with E-state index in [4.69, 9.17) is 0 Å². The van der Waals surface area contributed by atoms with Gasteiger partial charge in [0.15, 0.2) is 0 Å². The lowest BCUT2D eigenvalue weighted by Gasteiger charge is -2.24. The van der Waals surface area contributed by atoms with Gasteiger partial charge in [0.1, 0.15) is 5.60 Å². The Hall–Kier alpha value is -1.06. The van der Waals surface area contributed by atoms with Gasteiger partial charge in [-0.05, 0) is 23.4 Å². The zero-order valence-corrected chi connectivity index (χ0v) is 10.6. The first-order valence-electron chi connectivity index (χ1n) is 5.86. The lowest BCUT2D eigenvalue weighted by molar-refractivity contribution is 0.0628. The van der Waals surface area contributed by atoms with Gasteiger partial charge in [0.05, 0.1) is 0 Å². The number of thioether (sulfide) groups is 1. The highest BCUT2D eigenvalue weighted by atomic mass is 32.2. The van der Waals surface area contributed by atoms with Crippen LogP contribution in [0.5, 0.6) is 0 Å². The van der Waals surface area contributed by atoms with Crippen LogP contribution in [0.15, 0.2) is 36.7 Å². The van der Waals surface area contributed by atoms with Crippen molar-refractivity contribution < 1.29 is 5.11 Å². The maximum Gasteiger partial charge on any atom is 0.100 e. The molecule has 1 aromatic heterocycles. The Labute approximate surface area is 105 Å². The van der Waals surface area contributed by atoms with Crippen molar-refractivity contribution in [3.63, 3.8) is 0 Å². The summed E-state index contributed by atoms with van der Waals surface area (Å²) in [5, 5.41) is 13.5. The number of benzene rings is 1. The molecule has 2 unspecified atom stereocenters. The normalized spacial score (nSPS) is 28.7. The number of hydrogen-bond acceptors (Lipinski definition) is 3. The van der Waals surface area contributed by atoms with Crippen molar-refractivity contribution in [1.29, 1.82) is 0 Å². The van der Waals surface area contributed by atoms with Crippen LogP contribution < -0.4 is 0 Å². The second-order valence-corrected chi connectivity index (χ2v) is 6.19. The Morgan fingerprint density at radius 1 is 1.41 bits per heavy atom. The third-order valence-corrected chi connectivity index (χ3v) is 4.79. The third-order valence-electron chi connectivity index (χ3n) is 3.41. The number of aromatic nitrogens is 1. The summed E-state index contributed by atoms with van der Waals surface area (Å²) in [7, 11) is 0. The lowest BCUT2D eigenvalue weighted by atomic mass is 9.88. The standard InChI is InChI=1S/C14H15NOS/c1-10-7-14(16,9-17-10)13-4-2-3-11-8-15-6-5-12(11)13/h2-6,8,10,16H,7,9H2,1H3. The van der Waals surface area contributed by atoms with Crippen LogP contribution in [-0.4, -0.2) is 21.1 Å². The minimum Gasteiger partial charge on any atom is -0.384 e. The molecule has 1 fully saturated rings. The van der Waals surface area contributed by atoms with Gasteiger partial charge in [-0.15, -0.1) is 0 Å². The topological polar surface area (TPSA) is 33.1 Å². The summed E-state index contributed by atoms with van der Waals surface area (Å²) in [5.74, 6) is 0.787. The van der Waals surface area contributed by atoms with Crippen molar-refractivity contribution >= 4 is 22.5 Å². The van der Waals surface area contributed by atoms with Crippen LogP contribution in [0.2, 0.25) is 0 Å². The van der Waals surface area contributed by atoms with E-state index in [1.165, 1.54) is 0 Å². The van der Waals surface area contributed by atoms with Crippen molar-refractivity contribution in [2.75, 3.05) is 5.75 Å². The second-order valence-electron chi connectivity index (χ2n) is 4.76. The third kappa shape index (κ3) is 1.83. The van der Waals surface area contributed by atoms with Crippen molar-refractivity contribution in [2.24, 2.45) is 0 Å². The maximum atomic E-state index is 10.8. The van der Waals surface area contributed by atoms with Gasteiger partial charge < -0.3 is 5.11 Å². The minimum atomic E-state index is -0.676. The van der Waals surface area contributed by atoms with E-state index in [1.54, 1.807) is 6.20 Å². The summed E-state index contributed by atoms with van der Waals surface area (Å²) in [5.41, 5.74) is 0.375. The van der Waals surface area contributed by atoms with Gasteiger partial charge in [-0.25, -0.2) is 0 Å². The summed E-state index contributed by atoms with van der Waals surface area (Å²) in [4.78, 5) is 4.13.